The van der Waals surface area contributed by atoms with Crippen LogP contribution in [0, 0.1) is 10.8 Å². The second kappa shape index (κ2) is 11.5. The number of ether oxygens (including phenoxy) is 3. The van der Waals surface area contributed by atoms with E-state index < -0.39 is 35.4 Å². The Morgan fingerprint density at radius 3 is 2.00 bits per heavy atom. The first-order chi connectivity index (χ1) is 12.9. The maximum atomic E-state index is 12.6. The zero-order chi connectivity index (χ0) is 22.0. The van der Waals surface area contributed by atoms with Crippen molar-refractivity contribution in [2.24, 2.45) is 10.8 Å². The molecule has 0 aromatic carbocycles. The van der Waals surface area contributed by atoms with Gasteiger partial charge in [0.25, 0.3) is 0 Å². The molecule has 8 nitrogen and oxygen atoms in total. The number of aliphatic carboxylic acids is 1. The Labute approximate surface area is 166 Å². The largest absolute Gasteiger partial charge is 0.478 e. The molecule has 0 aliphatic heterocycles. The lowest BCUT2D eigenvalue weighted by atomic mass is 9.66. The van der Waals surface area contributed by atoms with Crippen molar-refractivity contribution in [3.8, 4) is 0 Å². The van der Waals surface area contributed by atoms with E-state index in [9.17, 15) is 19.2 Å². The summed E-state index contributed by atoms with van der Waals surface area (Å²) >= 11 is 0. The SMILES string of the molecule is CCCC(=O)OCC(COC(=O)C(C)(CC)C(C)(C)C)OC(=O)C=CC(=O)O. The third-order valence-electron chi connectivity index (χ3n) is 4.74. The topological polar surface area (TPSA) is 116 Å². The molecule has 1 N–H and O–H groups in total. The average Bonchev–Trinajstić information content (AvgIpc) is 2.60. The van der Waals surface area contributed by atoms with Gasteiger partial charge in [-0.05, 0) is 25.2 Å². The number of carbonyl (C=O) groups excluding carboxylic acids is 3. The molecule has 0 radical (unpaired) electrons. The summed E-state index contributed by atoms with van der Waals surface area (Å²) in [5.41, 5.74) is -1.12. The average molecular weight is 400 g/mol. The van der Waals surface area contributed by atoms with Crippen molar-refractivity contribution in [3.63, 3.8) is 0 Å². The summed E-state index contributed by atoms with van der Waals surface area (Å²) in [5, 5.41) is 8.57. The zero-order valence-corrected chi connectivity index (χ0v) is 17.6. The second-order valence-electron chi connectivity index (χ2n) is 7.70. The van der Waals surface area contributed by atoms with E-state index in [-0.39, 0.29) is 25.0 Å². The normalized spacial score (nSPS) is 14.8. The number of hydrogen-bond donors (Lipinski definition) is 1. The number of esters is 3. The fourth-order valence-electron chi connectivity index (χ4n) is 2.23. The molecule has 0 aliphatic carbocycles. The second-order valence-corrected chi connectivity index (χ2v) is 7.70. The highest BCUT2D eigenvalue weighted by Crippen LogP contribution is 2.42. The maximum absolute atomic E-state index is 12.6. The fourth-order valence-corrected chi connectivity index (χ4v) is 2.23. The predicted molar refractivity (Wildman–Crippen MR) is 101 cm³/mol. The van der Waals surface area contributed by atoms with Crippen LogP contribution in [0.3, 0.4) is 0 Å². The number of hydrogen-bond acceptors (Lipinski definition) is 7. The molecular formula is C20H32O8. The summed E-state index contributed by atoms with van der Waals surface area (Å²) in [6, 6.07) is 0. The lowest BCUT2D eigenvalue weighted by Gasteiger charge is -2.39. The molecule has 0 heterocycles. The van der Waals surface area contributed by atoms with E-state index in [4.69, 9.17) is 19.3 Å². The van der Waals surface area contributed by atoms with Crippen LogP contribution >= 0.6 is 0 Å². The molecule has 0 spiro atoms. The van der Waals surface area contributed by atoms with E-state index in [1.54, 1.807) is 6.92 Å². The van der Waals surface area contributed by atoms with Gasteiger partial charge in [-0.3, -0.25) is 9.59 Å². The van der Waals surface area contributed by atoms with Crippen molar-refractivity contribution in [2.45, 2.75) is 66.9 Å². The van der Waals surface area contributed by atoms with E-state index in [1.165, 1.54) is 0 Å². The molecule has 160 valence electrons. The number of carbonyl (C=O) groups is 4. The molecule has 8 heteroatoms. The van der Waals surface area contributed by atoms with Crippen molar-refractivity contribution in [3.05, 3.63) is 12.2 Å². The molecule has 0 saturated heterocycles. The van der Waals surface area contributed by atoms with E-state index >= 15 is 0 Å². The van der Waals surface area contributed by atoms with E-state index in [1.807, 2.05) is 34.6 Å². The van der Waals surface area contributed by atoms with Crippen LogP contribution in [-0.2, 0) is 33.4 Å². The standard InChI is InChI=1S/C20H32O8/c1-7-9-16(23)26-12-14(28-17(24)11-10-15(21)22)13-27-18(25)20(6,8-2)19(3,4)5/h10-11,14H,7-9,12-13H2,1-6H3,(H,21,22). The first-order valence-corrected chi connectivity index (χ1v) is 9.31. The smallest absolute Gasteiger partial charge is 0.331 e. The fraction of sp³-hybridized carbons (Fsp3) is 0.700. The van der Waals surface area contributed by atoms with Gasteiger partial charge in [0.2, 0.25) is 0 Å². The van der Waals surface area contributed by atoms with Gasteiger partial charge in [-0.1, -0.05) is 34.6 Å². The molecule has 0 amide bonds. The minimum Gasteiger partial charge on any atom is -0.478 e. The number of carboxylic acids is 1. The summed E-state index contributed by atoms with van der Waals surface area (Å²) in [6.45, 7) is 10.7. The molecule has 0 saturated carbocycles. The lowest BCUT2D eigenvalue weighted by Crippen LogP contribution is -2.42. The Kier molecular flexibility index (Phi) is 10.5. The Balaban J connectivity index is 5.09. The summed E-state index contributed by atoms with van der Waals surface area (Å²) in [6.07, 6.45) is 1.67. The summed E-state index contributed by atoms with van der Waals surface area (Å²) < 4.78 is 15.5. The van der Waals surface area contributed by atoms with Crippen LogP contribution in [0.1, 0.15) is 60.8 Å². The van der Waals surface area contributed by atoms with Gasteiger partial charge in [0.05, 0.1) is 5.41 Å². The Morgan fingerprint density at radius 1 is 0.964 bits per heavy atom. The van der Waals surface area contributed by atoms with Gasteiger partial charge in [-0.25, -0.2) is 9.59 Å². The van der Waals surface area contributed by atoms with Gasteiger partial charge in [-0.2, -0.15) is 0 Å². The molecule has 0 bridgehead atoms. The molecule has 0 aliphatic rings. The highest BCUT2D eigenvalue weighted by molar-refractivity contribution is 5.90. The molecule has 0 fully saturated rings. The molecular weight excluding hydrogens is 368 g/mol. The van der Waals surface area contributed by atoms with Crippen LogP contribution in [0.4, 0.5) is 0 Å². The van der Waals surface area contributed by atoms with E-state index in [0.717, 1.165) is 6.08 Å². The minimum atomic E-state index is -1.31. The third kappa shape index (κ3) is 8.54. The number of rotatable bonds is 11. The minimum absolute atomic E-state index is 0.206. The summed E-state index contributed by atoms with van der Waals surface area (Å²) in [4.78, 5) is 46.4. The Hall–Kier alpha value is -2.38. The summed E-state index contributed by atoms with van der Waals surface area (Å²) in [5.74, 6) is -3.17. The molecule has 2 atom stereocenters. The van der Waals surface area contributed by atoms with Gasteiger partial charge in [0.1, 0.15) is 13.2 Å². The Bertz CT molecular complexity index is 588. The van der Waals surface area contributed by atoms with E-state index in [2.05, 4.69) is 0 Å². The zero-order valence-electron chi connectivity index (χ0n) is 17.6. The maximum Gasteiger partial charge on any atom is 0.331 e. The first kappa shape index (κ1) is 25.6. The van der Waals surface area contributed by atoms with Crippen LogP contribution in [-0.4, -0.2) is 48.3 Å². The van der Waals surface area contributed by atoms with Crippen LogP contribution in [0.25, 0.3) is 0 Å². The predicted octanol–water partition coefficient (Wildman–Crippen LogP) is 2.89. The molecule has 2 unspecified atom stereocenters. The summed E-state index contributed by atoms with van der Waals surface area (Å²) in [7, 11) is 0. The van der Waals surface area contributed by atoms with Crippen LogP contribution in [0.15, 0.2) is 12.2 Å². The van der Waals surface area contributed by atoms with Crippen LogP contribution in [0.5, 0.6) is 0 Å². The van der Waals surface area contributed by atoms with Crippen molar-refractivity contribution < 1.29 is 38.5 Å². The van der Waals surface area contributed by atoms with Gasteiger partial charge < -0.3 is 19.3 Å². The van der Waals surface area contributed by atoms with Crippen LogP contribution < -0.4 is 0 Å². The third-order valence-corrected chi connectivity index (χ3v) is 4.74. The first-order valence-electron chi connectivity index (χ1n) is 9.31. The quantitative estimate of drug-likeness (QED) is 0.320. The van der Waals surface area contributed by atoms with E-state index in [0.29, 0.717) is 18.9 Å². The lowest BCUT2D eigenvalue weighted by molar-refractivity contribution is -0.172. The van der Waals surface area contributed by atoms with Gasteiger partial charge in [-0.15, -0.1) is 0 Å². The molecule has 0 aromatic rings. The molecule has 0 aromatic heterocycles. The van der Waals surface area contributed by atoms with Gasteiger partial charge in [0.15, 0.2) is 6.10 Å². The van der Waals surface area contributed by atoms with Gasteiger partial charge in [0, 0.05) is 18.6 Å². The van der Waals surface area contributed by atoms with Crippen molar-refractivity contribution in [2.75, 3.05) is 13.2 Å². The monoisotopic (exact) mass is 400 g/mol. The highest BCUT2D eigenvalue weighted by Gasteiger charge is 2.44. The van der Waals surface area contributed by atoms with Crippen molar-refractivity contribution in [1.29, 1.82) is 0 Å². The van der Waals surface area contributed by atoms with Crippen molar-refractivity contribution >= 4 is 23.9 Å². The van der Waals surface area contributed by atoms with Crippen molar-refractivity contribution in [1.82, 2.24) is 0 Å². The highest BCUT2D eigenvalue weighted by atomic mass is 16.6. The van der Waals surface area contributed by atoms with Gasteiger partial charge >= 0.3 is 23.9 Å². The number of carboxylic acid groups (broad SMARTS) is 1. The Morgan fingerprint density at radius 2 is 1.54 bits per heavy atom. The molecule has 28 heavy (non-hydrogen) atoms. The molecule has 0 rings (SSSR count). The van der Waals surface area contributed by atoms with Crippen LogP contribution in [0.2, 0.25) is 0 Å².